The van der Waals surface area contributed by atoms with Gasteiger partial charge in [-0.05, 0) is 82.8 Å². The van der Waals surface area contributed by atoms with Crippen LogP contribution in [0, 0.1) is 31.1 Å². The molecule has 0 aliphatic carbocycles. The van der Waals surface area contributed by atoms with E-state index in [1.807, 2.05) is 12.1 Å². The maximum atomic E-state index is 11.0. The summed E-state index contributed by atoms with van der Waals surface area (Å²) in [5, 5.41) is 29.0. The van der Waals surface area contributed by atoms with Crippen LogP contribution in [0.2, 0.25) is 5.02 Å². The van der Waals surface area contributed by atoms with E-state index in [-0.39, 0.29) is 25.0 Å². The third-order valence-electron chi connectivity index (χ3n) is 10.7. The van der Waals surface area contributed by atoms with Crippen molar-refractivity contribution in [3.63, 3.8) is 0 Å². The van der Waals surface area contributed by atoms with Crippen LogP contribution in [0.5, 0.6) is 11.5 Å². The minimum Gasteiger partial charge on any atom is -0.488 e. The molecule has 0 radical (unpaired) electrons. The number of carbonyl (C=O) groups is 1. The van der Waals surface area contributed by atoms with E-state index in [0.29, 0.717) is 41.8 Å². The highest BCUT2D eigenvalue weighted by Crippen LogP contribution is 2.37. The summed E-state index contributed by atoms with van der Waals surface area (Å²) >= 11 is 6.85. The van der Waals surface area contributed by atoms with Gasteiger partial charge in [-0.1, -0.05) is 72.3 Å². The van der Waals surface area contributed by atoms with Gasteiger partial charge in [0.2, 0.25) is 0 Å². The first-order valence-electron chi connectivity index (χ1n) is 18.7. The van der Waals surface area contributed by atoms with Crippen LogP contribution in [0.4, 0.5) is 0 Å². The first kappa shape index (κ1) is 38.1. The molecule has 3 heterocycles. The molecule has 9 nitrogen and oxygen atoms in total. The molecule has 282 valence electrons. The normalized spacial score (nSPS) is 16.1. The topological polar surface area (TPSA) is 119 Å². The summed E-state index contributed by atoms with van der Waals surface area (Å²) in [4.78, 5) is 19.6. The quantitative estimate of drug-likeness (QED) is 0.116. The van der Waals surface area contributed by atoms with Gasteiger partial charge in [0, 0.05) is 68.9 Å². The molecule has 0 spiro atoms. The van der Waals surface area contributed by atoms with Gasteiger partial charge in [0.1, 0.15) is 30.8 Å². The summed E-state index contributed by atoms with van der Waals surface area (Å²) in [6.45, 7) is 9.25. The lowest BCUT2D eigenvalue weighted by Gasteiger charge is -2.38. The van der Waals surface area contributed by atoms with E-state index >= 15 is 0 Å². The monoisotopic (exact) mass is 756 g/mol. The van der Waals surface area contributed by atoms with Gasteiger partial charge in [0.25, 0.3) is 0 Å². The van der Waals surface area contributed by atoms with Crippen molar-refractivity contribution in [3.8, 4) is 39.8 Å². The Morgan fingerprint density at radius 1 is 0.836 bits per heavy atom. The lowest BCUT2D eigenvalue weighted by Crippen LogP contribution is -2.46. The van der Waals surface area contributed by atoms with Crippen LogP contribution in [0.3, 0.4) is 0 Å². The molecule has 4 aromatic carbocycles. The van der Waals surface area contributed by atoms with Crippen LogP contribution >= 0.6 is 11.6 Å². The van der Waals surface area contributed by atoms with Crippen LogP contribution in [0.25, 0.3) is 22.3 Å². The van der Waals surface area contributed by atoms with Crippen molar-refractivity contribution in [3.05, 3.63) is 135 Å². The number of aromatic nitrogens is 1. The number of hydrogen-bond donors (Lipinski definition) is 2. The Morgan fingerprint density at radius 2 is 1.56 bits per heavy atom. The third kappa shape index (κ3) is 9.18. The zero-order chi connectivity index (χ0) is 38.5. The summed E-state index contributed by atoms with van der Waals surface area (Å²) in [6.07, 6.45) is 3.83. The third-order valence-corrected chi connectivity index (χ3v) is 11.0. The molecule has 1 aromatic heterocycles. The Balaban J connectivity index is 1.07. The van der Waals surface area contributed by atoms with Crippen molar-refractivity contribution in [2.75, 3.05) is 26.2 Å². The molecule has 55 heavy (non-hydrogen) atoms. The molecule has 2 fully saturated rings. The summed E-state index contributed by atoms with van der Waals surface area (Å²) in [5.74, 6) is 0.657. The van der Waals surface area contributed by atoms with Crippen LogP contribution in [-0.4, -0.2) is 63.2 Å². The molecule has 0 saturated carbocycles. The molecule has 2 saturated heterocycles. The minimum atomic E-state index is -0.722. The summed E-state index contributed by atoms with van der Waals surface area (Å²) in [6, 6.07) is 29.0. The van der Waals surface area contributed by atoms with Gasteiger partial charge in [-0.15, -0.1) is 0 Å². The van der Waals surface area contributed by atoms with Crippen LogP contribution in [0.15, 0.2) is 91.3 Å². The lowest BCUT2D eigenvalue weighted by atomic mass is 9.89. The Labute approximate surface area is 327 Å². The zero-order valence-corrected chi connectivity index (χ0v) is 31.9. The number of aliphatic hydroxyl groups excluding tert-OH is 1. The number of benzene rings is 4. The van der Waals surface area contributed by atoms with E-state index in [0.717, 1.165) is 71.5 Å². The standard InChI is InChI=1S/C45H45ClN4O5/c1-29-36(28-55-44-18-43(54-27-33-15-32(19-47)20-48-21-33)37(17-42(44)46)25-49-14-13-38(51)26-49)5-3-7-40(29)41-8-4-6-39(30(41)2)35-11-9-31(10-12-35)22-50-23-34(24-50)16-45(52)53/h3-12,15,17-18,20-21,34,38,51H,13-14,16,22-28H2,1-2H3,(H,52,53). The van der Waals surface area contributed by atoms with E-state index in [4.69, 9.17) is 26.2 Å². The molecule has 0 amide bonds. The molecule has 5 aromatic rings. The van der Waals surface area contributed by atoms with Crippen molar-refractivity contribution in [2.24, 2.45) is 5.92 Å². The number of β-amino-alcohol motifs (C(OH)–C–C–N with tert-alkyl or cyclic N) is 1. The van der Waals surface area contributed by atoms with Crippen molar-refractivity contribution >= 4 is 17.6 Å². The highest BCUT2D eigenvalue weighted by atomic mass is 35.5. The molecule has 0 bridgehead atoms. The molecular weight excluding hydrogens is 712 g/mol. The largest absolute Gasteiger partial charge is 0.488 e. The number of nitrogens with zero attached hydrogens (tertiary/aromatic N) is 4. The first-order valence-corrected chi connectivity index (χ1v) is 19.1. The van der Waals surface area contributed by atoms with Crippen LogP contribution in [0.1, 0.15) is 51.8 Å². The number of aliphatic carboxylic acids is 1. The lowest BCUT2D eigenvalue weighted by molar-refractivity contribution is -0.139. The predicted octanol–water partition coefficient (Wildman–Crippen LogP) is 8.19. The Hall–Kier alpha value is -5.24. The molecule has 1 atom stereocenters. The van der Waals surface area contributed by atoms with Gasteiger partial charge >= 0.3 is 5.97 Å². The Bertz CT molecular complexity index is 2210. The number of halogens is 1. The fourth-order valence-corrected chi connectivity index (χ4v) is 7.93. The molecular formula is C45H45ClN4O5. The SMILES string of the molecule is Cc1c(COc2cc(OCc3cncc(C#N)c3)c(CN3CCC(O)C3)cc2Cl)cccc1-c1cccc(-c2ccc(CN3CC(CC(=O)O)C3)cc2)c1C. The van der Waals surface area contributed by atoms with Gasteiger partial charge < -0.3 is 19.7 Å². The number of ether oxygens (including phenoxy) is 2. The number of carboxylic acids is 1. The molecule has 2 aliphatic heterocycles. The summed E-state index contributed by atoms with van der Waals surface area (Å²) < 4.78 is 12.7. The molecule has 10 heteroatoms. The number of likely N-dealkylation sites (tertiary alicyclic amines) is 2. The minimum absolute atomic E-state index is 0.220. The first-order chi connectivity index (χ1) is 26.6. The second-order valence-corrected chi connectivity index (χ2v) is 15.2. The summed E-state index contributed by atoms with van der Waals surface area (Å²) in [7, 11) is 0. The van der Waals surface area contributed by atoms with Crippen LogP contribution < -0.4 is 9.47 Å². The number of nitriles is 1. The molecule has 2 aliphatic rings. The number of hydrogen-bond acceptors (Lipinski definition) is 8. The Morgan fingerprint density at radius 3 is 2.29 bits per heavy atom. The van der Waals surface area contributed by atoms with Crippen molar-refractivity contribution in [2.45, 2.75) is 59.1 Å². The van der Waals surface area contributed by atoms with Gasteiger partial charge in [-0.3, -0.25) is 19.6 Å². The molecule has 1 unspecified atom stereocenters. The fraction of sp³-hybridized carbons (Fsp3) is 0.311. The number of pyridine rings is 1. The highest BCUT2D eigenvalue weighted by molar-refractivity contribution is 6.32. The smallest absolute Gasteiger partial charge is 0.303 e. The second-order valence-electron chi connectivity index (χ2n) is 14.8. The van der Waals surface area contributed by atoms with E-state index in [9.17, 15) is 15.2 Å². The van der Waals surface area contributed by atoms with Gasteiger partial charge in [0.15, 0.2) is 0 Å². The van der Waals surface area contributed by atoms with Gasteiger partial charge in [-0.25, -0.2) is 0 Å². The average Bonchev–Trinajstić information content (AvgIpc) is 3.58. The van der Waals surface area contributed by atoms with Gasteiger partial charge in [-0.2, -0.15) is 5.26 Å². The maximum Gasteiger partial charge on any atom is 0.303 e. The zero-order valence-electron chi connectivity index (χ0n) is 31.2. The highest BCUT2D eigenvalue weighted by Gasteiger charge is 2.28. The molecule has 2 N–H and O–H groups in total. The number of aliphatic hydroxyl groups is 1. The van der Waals surface area contributed by atoms with E-state index in [1.165, 1.54) is 22.9 Å². The average molecular weight is 757 g/mol. The van der Waals surface area contributed by atoms with E-state index in [2.05, 4.69) is 95.4 Å². The van der Waals surface area contributed by atoms with E-state index < -0.39 is 5.97 Å². The number of carboxylic acid groups (broad SMARTS) is 1. The van der Waals surface area contributed by atoms with E-state index in [1.54, 1.807) is 12.3 Å². The van der Waals surface area contributed by atoms with Crippen molar-refractivity contribution < 1.29 is 24.5 Å². The van der Waals surface area contributed by atoms with Crippen molar-refractivity contribution in [1.82, 2.24) is 14.8 Å². The maximum absolute atomic E-state index is 11.0. The second kappa shape index (κ2) is 17.1. The van der Waals surface area contributed by atoms with Crippen molar-refractivity contribution in [1.29, 1.82) is 5.26 Å². The fourth-order valence-electron chi connectivity index (χ4n) is 7.69. The van der Waals surface area contributed by atoms with Gasteiger partial charge in [0.05, 0.1) is 23.1 Å². The molecule has 7 rings (SSSR count). The number of rotatable bonds is 14. The Kier molecular flexibility index (Phi) is 11.8. The predicted molar refractivity (Wildman–Crippen MR) is 213 cm³/mol. The summed E-state index contributed by atoms with van der Waals surface area (Å²) in [5.41, 5.74) is 11.3. The van der Waals surface area contributed by atoms with Crippen LogP contribution in [-0.2, 0) is 31.1 Å².